The van der Waals surface area contributed by atoms with E-state index in [1.165, 1.54) is 0 Å². The van der Waals surface area contributed by atoms with Gasteiger partial charge in [0, 0.05) is 31.7 Å². The second kappa shape index (κ2) is 7.10. The van der Waals surface area contributed by atoms with Crippen molar-refractivity contribution in [3.63, 3.8) is 0 Å². The van der Waals surface area contributed by atoms with Gasteiger partial charge in [0.05, 0.1) is 18.1 Å². The van der Waals surface area contributed by atoms with Crippen LogP contribution in [-0.2, 0) is 0 Å². The molecule has 0 amide bonds. The van der Waals surface area contributed by atoms with Gasteiger partial charge < -0.3 is 15.6 Å². The van der Waals surface area contributed by atoms with Crippen molar-refractivity contribution in [3.05, 3.63) is 18.2 Å². The fourth-order valence-electron chi connectivity index (χ4n) is 1.76. The van der Waals surface area contributed by atoms with Crippen LogP contribution >= 0.6 is 0 Å². The van der Waals surface area contributed by atoms with Gasteiger partial charge in [-0.25, -0.2) is 4.98 Å². The Hall–Kier alpha value is -1.31. The van der Waals surface area contributed by atoms with Crippen LogP contribution in [-0.4, -0.2) is 22.6 Å². The Labute approximate surface area is 104 Å². The van der Waals surface area contributed by atoms with Crippen LogP contribution in [0.1, 0.15) is 45.0 Å². The summed E-state index contributed by atoms with van der Waals surface area (Å²) in [6.07, 6.45) is 4.59. The van der Waals surface area contributed by atoms with Crippen molar-refractivity contribution in [3.8, 4) is 11.8 Å². The van der Waals surface area contributed by atoms with Crippen molar-refractivity contribution in [1.29, 1.82) is 0 Å². The van der Waals surface area contributed by atoms with E-state index in [0.29, 0.717) is 12.6 Å². The number of nitrogens with one attached hydrogen (secondary N) is 1. The molecule has 3 N–H and O–H groups in total. The third kappa shape index (κ3) is 3.88. The standard InChI is InChI=1S/C13H22N4/c1-4-5-6-7-16-12(8-14)13-9-15-10-17(13)11(2)3/h9-12,16H,6-8,14H2,1-3H3. The molecule has 1 aromatic rings. The van der Waals surface area contributed by atoms with Crippen LogP contribution in [0.2, 0.25) is 0 Å². The number of nitrogens with zero attached hydrogens (tertiary/aromatic N) is 2. The molecule has 0 aromatic carbocycles. The number of hydrogen-bond acceptors (Lipinski definition) is 3. The van der Waals surface area contributed by atoms with E-state index in [1.807, 2.05) is 19.4 Å². The molecular weight excluding hydrogens is 212 g/mol. The maximum atomic E-state index is 5.81. The van der Waals surface area contributed by atoms with Gasteiger partial charge >= 0.3 is 0 Å². The SMILES string of the molecule is CC#CCCNC(CN)c1cncn1C(C)C. The van der Waals surface area contributed by atoms with Crippen molar-refractivity contribution in [2.24, 2.45) is 5.73 Å². The van der Waals surface area contributed by atoms with E-state index in [-0.39, 0.29) is 6.04 Å². The molecule has 0 aliphatic carbocycles. The van der Waals surface area contributed by atoms with Crippen LogP contribution in [0.5, 0.6) is 0 Å². The molecule has 1 unspecified atom stereocenters. The highest BCUT2D eigenvalue weighted by atomic mass is 15.1. The molecule has 0 aliphatic heterocycles. The molecule has 0 saturated carbocycles. The lowest BCUT2D eigenvalue weighted by Crippen LogP contribution is -2.31. The van der Waals surface area contributed by atoms with Crippen LogP contribution in [0, 0.1) is 11.8 Å². The molecule has 1 aromatic heterocycles. The first-order chi connectivity index (χ1) is 8.20. The second-order valence-electron chi connectivity index (χ2n) is 4.24. The van der Waals surface area contributed by atoms with Gasteiger partial charge in [0.15, 0.2) is 0 Å². The predicted molar refractivity (Wildman–Crippen MR) is 70.5 cm³/mol. The first-order valence-corrected chi connectivity index (χ1v) is 6.05. The molecule has 1 heterocycles. The molecule has 0 saturated heterocycles. The van der Waals surface area contributed by atoms with Crippen molar-refractivity contribution in [2.45, 2.75) is 39.3 Å². The number of hydrogen-bond donors (Lipinski definition) is 2. The van der Waals surface area contributed by atoms with Crippen LogP contribution in [0.4, 0.5) is 0 Å². The van der Waals surface area contributed by atoms with Gasteiger partial charge in [-0.2, -0.15) is 0 Å². The highest BCUT2D eigenvalue weighted by Gasteiger charge is 2.14. The molecule has 0 spiro atoms. The largest absolute Gasteiger partial charge is 0.331 e. The summed E-state index contributed by atoms with van der Waals surface area (Å²) in [5.74, 6) is 5.92. The van der Waals surface area contributed by atoms with Gasteiger partial charge in [0.25, 0.3) is 0 Å². The van der Waals surface area contributed by atoms with E-state index < -0.39 is 0 Å². The average molecular weight is 234 g/mol. The fourth-order valence-corrected chi connectivity index (χ4v) is 1.76. The number of rotatable bonds is 6. The third-order valence-corrected chi connectivity index (χ3v) is 2.66. The van der Waals surface area contributed by atoms with Crippen LogP contribution in [0.3, 0.4) is 0 Å². The minimum Gasteiger partial charge on any atom is -0.331 e. The fraction of sp³-hybridized carbons (Fsp3) is 0.615. The summed E-state index contributed by atoms with van der Waals surface area (Å²) in [5.41, 5.74) is 6.95. The quantitative estimate of drug-likeness (QED) is 0.579. The van der Waals surface area contributed by atoms with Gasteiger partial charge in [-0.3, -0.25) is 0 Å². The summed E-state index contributed by atoms with van der Waals surface area (Å²) >= 11 is 0. The average Bonchev–Trinajstić information content (AvgIpc) is 2.78. The Morgan fingerprint density at radius 3 is 2.88 bits per heavy atom. The van der Waals surface area contributed by atoms with Crippen LogP contribution < -0.4 is 11.1 Å². The second-order valence-corrected chi connectivity index (χ2v) is 4.24. The van der Waals surface area contributed by atoms with Crippen molar-refractivity contribution >= 4 is 0 Å². The summed E-state index contributed by atoms with van der Waals surface area (Å²) in [6.45, 7) is 7.56. The van der Waals surface area contributed by atoms with Crippen molar-refractivity contribution in [1.82, 2.24) is 14.9 Å². The van der Waals surface area contributed by atoms with Crippen molar-refractivity contribution in [2.75, 3.05) is 13.1 Å². The van der Waals surface area contributed by atoms with Crippen molar-refractivity contribution < 1.29 is 0 Å². The van der Waals surface area contributed by atoms with Gasteiger partial charge in [-0.05, 0) is 20.8 Å². The maximum Gasteiger partial charge on any atom is 0.0951 e. The Kier molecular flexibility index (Phi) is 5.75. The monoisotopic (exact) mass is 234 g/mol. The third-order valence-electron chi connectivity index (χ3n) is 2.66. The van der Waals surface area contributed by atoms with E-state index in [0.717, 1.165) is 18.7 Å². The summed E-state index contributed by atoms with van der Waals surface area (Å²) in [7, 11) is 0. The molecule has 1 atom stereocenters. The smallest absolute Gasteiger partial charge is 0.0951 e. The van der Waals surface area contributed by atoms with E-state index in [2.05, 4.69) is 40.6 Å². The molecule has 1 rings (SSSR count). The Balaban J connectivity index is 2.64. The lowest BCUT2D eigenvalue weighted by atomic mass is 10.2. The predicted octanol–water partition coefficient (Wildman–Crippen LogP) is 1.47. The number of imidazole rings is 1. The molecule has 0 bridgehead atoms. The van der Waals surface area contributed by atoms with Gasteiger partial charge in [0.1, 0.15) is 0 Å². The zero-order valence-electron chi connectivity index (χ0n) is 10.9. The number of nitrogens with two attached hydrogens (primary N) is 1. The van der Waals surface area contributed by atoms with Gasteiger partial charge in [-0.1, -0.05) is 0 Å². The summed E-state index contributed by atoms with van der Waals surface area (Å²) in [6, 6.07) is 0.553. The first kappa shape index (κ1) is 13.8. The lowest BCUT2D eigenvalue weighted by molar-refractivity contribution is 0.483. The molecule has 17 heavy (non-hydrogen) atoms. The Morgan fingerprint density at radius 2 is 2.29 bits per heavy atom. The van der Waals surface area contributed by atoms with Gasteiger partial charge in [0.2, 0.25) is 0 Å². The highest BCUT2D eigenvalue weighted by molar-refractivity contribution is 5.07. The normalized spacial score (nSPS) is 12.3. The summed E-state index contributed by atoms with van der Waals surface area (Å²) < 4.78 is 2.15. The van der Waals surface area contributed by atoms with Crippen LogP contribution in [0.15, 0.2) is 12.5 Å². The molecule has 0 radical (unpaired) electrons. The zero-order chi connectivity index (χ0) is 12.7. The van der Waals surface area contributed by atoms with E-state index in [9.17, 15) is 0 Å². The first-order valence-electron chi connectivity index (χ1n) is 6.05. The molecular formula is C13H22N4. The molecule has 0 aliphatic rings. The minimum absolute atomic E-state index is 0.151. The molecule has 94 valence electrons. The minimum atomic E-state index is 0.151. The Morgan fingerprint density at radius 1 is 1.53 bits per heavy atom. The topological polar surface area (TPSA) is 55.9 Å². The number of aromatic nitrogens is 2. The Bertz CT molecular complexity index is 384. The van der Waals surface area contributed by atoms with E-state index >= 15 is 0 Å². The van der Waals surface area contributed by atoms with Crippen LogP contribution in [0.25, 0.3) is 0 Å². The van der Waals surface area contributed by atoms with E-state index in [1.54, 1.807) is 0 Å². The molecule has 0 fully saturated rings. The molecule has 4 nitrogen and oxygen atoms in total. The van der Waals surface area contributed by atoms with E-state index in [4.69, 9.17) is 5.73 Å². The zero-order valence-corrected chi connectivity index (χ0v) is 10.9. The van der Waals surface area contributed by atoms with Gasteiger partial charge in [-0.15, -0.1) is 11.8 Å². The lowest BCUT2D eigenvalue weighted by Gasteiger charge is -2.20. The highest BCUT2D eigenvalue weighted by Crippen LogP contribution is 2.16. The maximum absolute atomic E-state index is 5.81. The molecule has 4 heteroatoms. The summed E-state index contributed by atoms with van der Waals surface area (Å²) in [4.78, 5) is 4.20. The summed E-state index contributed by atoms with van der Waals surface area (Å²) in [5, 5.41) is 3.41.